The van der Waals surface area contributed by atoms with Crippen LogP contribution in [-0.4, -0.2) is 23.4 Å². The molecule has 0 unspecified atom stereocenters. The molecule has 0 aromatic carbocycles. The predicted octanol–water partition coefficient (Wildman–Crippen LogP) is 2.97. The van der Waals surface area contributed by atoms with Crippen LogP contribution in [0.1, 0.15) is 58.3 Å². The first kappa shape index (κ1) is 14.0. The van der Waals surface area contributed by atoms with E-state index in [1.807, 2.05) is 0 Å². The fraction of sp³-hybridized carbons (Fsp3) is 1.00. The van der Waals surface area contributed by atoms with E-state index in [4.69, 9.17) is 10.2 Å². The van der Waals surface area contributed by atoms with Crippen molar-refractivity contribution in [2.24, 2.45) is 17.8 Å². The van der Waals surface area contributed by atoms with Crippen LogP contribution in [0.15, 0.2) is 0 Å². The average molecular weight is 228 g/mol. The van der Waals surface area contributed by atoms with E-state index >= 15 is 0 Å². The van der Waals surface area contributed by atoms with Crippen LogP contribution >= 0.6 is 0 Å². The third kappa shape index (κ3) is 4.42. The van der Waals surface area contributed by atoms with Crippen LogP contribution in [0, 0.1) is 17.8 Å². The molecule has 0 saturated heterocycles. The smallest absolute Gasteiger partial charge is 0.0483 e. The van der Waals surface area contributed by atoms with Crippen LogP contribution in [-0.2, 0) is 0 Å². The van der Waals surface area contributed by atoms with E-state index in [0.29, 0.717) is 5.92 Å². The highest BCUT2D eigenvalue weighted by Crippen LogP contribution is 2.35. The molecule has 0 spiro atoms. The molecule has 0 amide bonds. The van der Waals surface area contributed by atoms with Crippen LogP contribution in [0.25, 0.3) is 0 Å². The second-order valence-corrected chi connectivity index (χ2v) is 5.40. The molecule has 96 valence electrons. The second-order valence-electron chi connectivity index (χ2n) is 5.40. The standard InChI is InChI=1S/C14H28O2/c1-2-3-4-5-12-6-8-13(9-7-12)14(10-15)11-16/h12-16H,2-11H2,1H3. The largest absolute Gasteiger partial charge is 0.396 e. The molecule has 2 heteroatoms. The van der Waals surface area contributed by atoms with Gasteiger partial charge in [0.05, 0.1) is 0 Å². The van der Waals surface area contributed by atoms with E-state index in [9.17, 15) is 0 Å². The van der Waals surface area contributed by atoms with Crippen molar-refractivity contribution in [1.82, 2.24) is 0 Å². The molecule has 1 aliphatic carbocycles. The third-order valence-electron chi connectivity index (χ3n) is 4.24. The SMILES string of the molecule is CCCCCC1CCC(C(CO)CO)CC1. The van der Waals surface area contributed by atoms with Crippen LogP contribution in [0.2, 0.25) is 0 Å². The number of aliphatic hydroxyl groups excluding tert-OH is 2. The summed E-state index contributed by atoms with van der Waals surface area (Å²) in [6.45, 7) is 2.56. The van der Waals surface area contributed by atoms with Crippen molar-refractivity contribution in [3.63, 3.8) is 0 Å². The highest BCUT2D eigenvalue weighted by Gasteiger charge is 2.26. The molecule has 0 radical (unpaired) electrons. The van der Waals surface area contributed by atoms with Gasteiger partial charge >= 0.3 is 0 Å². The van der Waals surface area contributed by atoms with Crippen molar-refractivity contribution in [1.29, 1.82) is 0 Å². The normalized spacial score (nSPS) is 26.2. The Morgan fingerprint density at radius 2 is 1.62 bits per heavy atom. The van der Waals surface area contributed by atoms with Gasteiger partial charge in [0.25, 0.3) is 0 Å². The summed E-state index contributed by atoms with van der Waals surface area (Å²) in [5.74, 6) is 1.62. The Balaban J connectivity index is 2.17. The number of rotatable bonds is 7. The summed E-state index contributed by atoms with van der Waals surface area (Å²) in [4.78, 5) is 0. The van der Waals surface area contributed by atoms with Crippen LogP contribution in [0.5, 0.6) is 0 Å². The molecule has 1 saturated carbocycles. The molecular formula is C14H28O2. The van der Waals surface area contributed by atoms with Crippen LogP contribution in [0.4, 0.5) is 0 Å². The zero-order chi connectivity index (χ0) is 11.8. The van der Waals surface area contributed by atoms with Crippen LogP contribution < -0.4 is 0 Å². The molecule has 2 N–H and O–H groups in total. The minimum atomic E-state index is 0.136. The zero-order valence-electron chi connectivity index (χ0n) is 10.7. The van der Waals surface area contributed by atoms with Gasteiger partial charge in [0, 0.05) is 19.1 Å². The highest BCUT2D eigenvalue weighted by atomic mass is 16.3. The first-order valence-corrected chi connectivity index (χ1v) is 7.03. The van der Waals surface area contributed by atoms with Gasteiger partial charge in [-0.3, -0.25) is 0 Å². The molecule has 1 rings (SSSR count). The Morgan fingerprint density at radius 3 is 2.12 bits per heavy atom. The molecule has 0 heterocycles. The molecule has 16 heavy (non-hydrogen) atoms. The molecule has 2 nitrogen and oxygen atoms in total. The lowest BCUT2D eigenvalue weighted by Gasteiger charge is -2.32. The average Bonchev–Trinajstić information content (AvgIpc) is 2.33. The fourth-order valence-corrected chi connectivity index (χ4v) is 2.99. The van der Waals surface area contributed by atoms with Gasteiger partial charge < -0.3 is 10.2 Å². The van der Waals surface area contributed by atoms with Crippen molar-refractivity contribution in [2.75, 3.05) is 13.2 Å². The fourth-order valence-electron chi connectivity index (χ4n) is 2.99. The third-order valence-corrected chi connectivity index (χ3v) is 4.24. The van der Waals surface area contributed by atoms with Gasteiger partial charge in [-0.05, 0) is 24.7 Å². The zero-order valence-corrected chi connectivity index (χ0v) is 10.7. The first-order valence-electron chi connectivity index (χ1n) is 7.03. The first-order chi connectivity index (χ1) is 7.81. The van der Waals surface area contributed by atoms with Gasteiger partial charge in [-0.15, -0.1) is 0 Å². The summed E-state index contributed by atoms with van der Waals surface area (Å²) in [5, 5.41) is 18.3. The molecule has 0 bridgehead atoms. The Kier molecular flexibility index (Phi) is 7.06. The molecular weight excluding hydrogens is 200 g/mol. The Hall–Kier alpha value is -0.0800. The molecule has 0 atom stereocenters. The monoisotopic (exact) mass is 228 g/mol. The molecule has 1 fully saturated rings. The van der Waals surface area contributed by atoms with E-state index in [2.05, 4.69) is 6.92 Å². The van der Waals surface area contributed by atoms with E-state index in [1.54, 1.807) is 0 Å². The van der Waals surface area contributed by atoms with Crippen molar-refractivity contribution in [3.05, 3.63) is 0 Å². The summed E-state index contributed by atoms with van der Waals surface area (Å²) in [6, 6.07) is 0. The van der Waals surface area contributed by atoms with Crippen molar-refractivity contribution >= 4 is 0 Å². The number of unbranched alkanes of at least 4 members (excludes halogenated alkanes) is 2. The highest BCUT2D eigenvalue weighted by molar-refractivity contribution is 4.77. The Morgan fingerprint density at radius 1 is 1.00 bits per heavy atom. The molecule has 0 aromatic rings. The van der Waals surface area contributed by atoms with Gasteiger partial charge in [0.1, 0.15) is 0 Å². The Labute approximate surface area is 100 Å². The van der Waals surface area contributed by atoms with Gasteiger partial charge in [0.2, 0.25) is 0 Å². The maximum Gasteiger partial charge on any atom is 0.0483 e. The lowest BCUT2D eigenvalue weighted by molar-refractivity contribution is 0.0781. The van der Waals surface area contributed by atoms with E-state index in [1.165, 1.54) is 51.4 Å². The molecule has 1 aliphatic rings. The van der Waals surface area contributed by atoms with Crippen molar-refractivity contribution < 1.29 is 10.2 Å². The maximum absolute atomic E-state index is 9.16. The minimum Gasteiger partial charge on any atom is -0.396 e. The Bertz CT molecular complexity index is 158. The summed E-state index contributed by atoms with van der Waals surface area (Å²) >= 11 is 0. The number of hydrogen-bond donors (Lipinski definition) is 2. The summed E-state index contributed by atoms with van der Waals surface area (Å²) in [5.41, 5.74) is 0. The van der Waals surface area contributed by atoms with Gasteiger partial charge in [-0.2, -0.15) is 0 Å². The van der Waals surface area contributed by atoms with Gasteiger partial charge in [-0.25, -0.2) is 0 Å². The number of aliphatic hydroxyl groups is 2. The quantitative estimate of drug-likeness (QED) is 0.658. The summed E-state index contributed by atoms with van der Waals surface area (Å²) in [6.07, 6.45) is 10.5. The van der Waals surface area contributed by atoms with Gasteiger partial charge in [0.15, 0.2) is 0 Å². The van der Waals surface area contributed by atoms with E-state index < -0.39 is 0 Å². The summed E-state index contributed by atoms with van der Waals surface area (Å²) < 4.78 is 0. The maximum atomic E-state index is 9.16. The number of hydrogen-bond acceptors (Lipinski definition) is 2. The topological polar surface area (TPSA) is 40.5 Å². The second kappa shape index (κ2) is 8.08. The summed E-state index contributed by atoms with van der Waals surface area (Å²) in [7, 11) is 0. The van der Waals surface area contributed by atoms with Crippen molar-refractivity contribution in [2.45, 2.75) is 58.3 Å². The molecule has 0 aliphatic heterocycles. The van der Waals surface area contributed by atoms with Gasteiger partial charge in [-0.1, -0.05) is 45.4 Å². The molecule has 0 aromatic heterocycles. The van der Waals surface area contributed by atoms with Crippen molar-refractivity contribution in [3.8, 4) is 0 Å². The predicted molar refractivity (Wildman–Crippen MR) is 67.3 cm³/mol. The van der Waals surface area contributed by atoms with E-state index in [0.717, 1.165) is 5.92 Å². The van der Waals surface area contributed by atoms with E-state index in [-0.39, 0.29) is 19.1 Å². The lowest BCUT2D eigenvalue weighted by Crippen LogP contribution is -2.26. The van der Waals surface area contributed by atoms with Crippen LogP contribution in [0.3, 0.4) is 0 Å². The minimum absolute atomic E-state index is 0.136. The lowest BCUT2D eigenvalue weighted by atomic mass is 9.75.